The summed E-state index contributed by atoms with van der Waals surface area (Å²) in [6, 6.07) is 0. The smallest absolute Gasteiger partial charge is 0.305 e. The standard InChI is InChI=1S/C11H19NO3/c1-2-12(8-7-11(14)15)10(13)6-5-9-3-4-9/h9H,2-8H2,1H3,(H,14,15). The summed E-state index contributed by atoms with van der Waals surface area (Å²) in [5.41, 5.74) is 0. The maximum absolute atomic E-state index is 11.7. The molecule has 0 unspecified atom stereocenters. The summed E-state index contributed by atoms with van der Waals surface area (Å²) in [7, 11) is 0. The average Bonchev–Trinajstić information content (AvgIpc) is 2.98. The van der Waals surface area contributed by atoms with Crippen LogP contribution in [0.25, 0.3) is 0 Å². The Morgan fingerprint density at radius 1 is 1.33 bits per heavy atom. The van der Waals surface area contributed by atoms with Crippen molar-refractivity contribution < 1.29 is 14.7 Å². The molecule has 0 aliphatic heterocycles. The molecule has 0 aromatic carbocycles. The Hall–Kier alpha value is -1.06. The van der Waals surface area contributed by atoms with E-state index in [4.69, 9.17) is 5.11 Å². The van der Waals surface area contributed by atoms with Crippen molar-refractivity contribution in [2.24, 2.45) is 5.92 Å². The molecule has 1 amide bonds. The number of nitrogens with zero attached hydrogens (tertiary/aromatic N) is 1. The molecule has 0 aromatic rings. The van der Waals surface area contributed by atoms with Crippen molar-refractivity contribution in [3.05, 3.63) is 0 Å². The van der Waals surface area contributed by atoms with Gasteiger partial charge in [-0.1, -0.05) is 12.8 Å². The van der Waals surface area contributed by atoms with Gasteiger partial charge in [-0.2, -0.15) is 0 Å². The number of hydrogen-bond donors (Lipinski definition) is 1. The highest BCUT2D eigenvalue weighted by atomic mass is 16.4. The minimum absolute atomic E-state index is 0.0447. The van der Waals surface area contributed by atoms with Crippen LogP contribution in [0.4, 0.5) is 0 Å². The minimum atomic E-state index is -0.844. The Bertz CT molecular complexity index is 236. The second-order valence-electron chi connectivity index (χ2n) is 4.10. The first-order valence-electron chi connectivity index (χ1n) is 5.63. The Morgan fingerprint density at radius 3 is 2.47 bits per heavy atom. The molecule has 1 rings (SSSR count). The summed E-state index contributed by atoms with van der Waals surface area (Å²) in [6.07, 6.45) is 4.12. The van der Waals surface area contributed by atoms with Crippen molar-refractivity contribution in [3.8, 4) is 0 Å². The van der Waals surface area contributed by atoms with Gasteiger partial charge in [-0.3, -0.25) is 9.59 Å². The maximum Gasteiger partial charge on any atom is 0.305 e. The molecular weight excluding hydrogens is 194 g/mol. The highest BCUT2D eigenvalue weighted by Gasteiger charge is 2.23. The van der Waals surface area contributed by atoms with Crippen molar-refractivity contribution in [1.29, 1.82) is 0 Å². The van der Waals surface area contributed by atoms with E-state index in [1.54, 1.807) is 4.90 Å². The normalized spacial score (nSPS) is 15.0. The molecule has 1 saturated carbocycles. The predicted octanol–water partition coefficient (Wildman–Crippen LogP) is 1.50. The molecule has 0 saturated heterocycles. The van der Waals surface area contributed by atoms with E-state index in [0.717, 1.165) is 12.3 Å². The molecule has 1 aliphatic rings. The number of rotatable bonds is 7. The van der Waals surface area contributed by atoms with E-state index >= 15 is 0 Å². The first kappa shape index (κ1) is 12.0. The van der Waals surface area contributed by atoms with Gasteiger partial charge < -0.3 is 10.0 Å². The molecule has 86 valence electrons. The molecule has 0 aromatic heterocycles. The lowest BCUT2D eigenvalue weighted by molar-refractivity contribution is -0.138. The first-order valence-corrected chi connectivity index (χ1v) is 5.63. The second-order valence-corrected chi connectivity index (χ2v) is 4.10. The number of carboxylic acids is 1. The summed E-state index contributed by atoms with van der Waals surface area (Å²) < 4.78 is 0. The molecule has 0 bridgehead atoms. The number of carboxylic acid groups (broad SMARTS) is 1. The van der Waals surface area contributed by atoms with Crippen LogP contribution in [0.2, 0.25) is 0 Å². The van der Waals surface area contributed by atoms with Crippen molar-refractivity contribution in [2.75, 3.05) is 13.1 Å². The fraction of sp³-hybridized carbons (Fsp3) is 0.818. The highest BCUT2D eigenvalue weighted by molar-refractivity contribution is 5.77. The second kappa shape index (κ2) is 5.73. The van der Waals surface area contributed by atoms with Crippen molar-refractivity contribution in [3.63, 3.8) is 0 Å². The molecule has 15 heavy (non-hydrogen) atoms. The van der Waals surface area contributed by atoms with E-state index in [9.17, 15) is 9.59 Å². The Labute approximate surface area is 90.3 Å². The molecule has 0 radical (unpaired) electrons. The summed E-state index contributed by atoms with van der Waals surface area (Å²) >= 11 is 0. The van der Waals surface area contributed by atoms with Gasteiger partial charge in [-0.15, -0.1) is 0 Å². The number of carbonyl (C=O) groups is 2. The summed E-state index contributed by atoms with van der Waals surface area (Å²) in [4.78, 5) is 23.7. The molecule has 4 heteroatoms. The number of hydrogen-bond acceptors (Lipinski definition) is 2. The fourth-order valence-electron chi connectivity index (χ4n) is 1.58. The zero-order valence-corrected chi connectivity index (χ0v) is 9.24. The fourth-order valence-corrected chi connectivity index (χ4v) is 1.58. The lowest BCUT2D eigenvalue weighted by Crippen LogP contribution is -2.32. The SMILES string of the molecule is CCN(CCC(=O)O)C(=O)CCC1CC1. The topological polar surface area (TPSA) is 57.6 Å². The van der Waals surface area contributed by atoms with E-state index in [0.29, 0.717) is 19.5 Å². The van der Waals surface area contributed by atoms with Crippen LogP contribution in [0, 0.1) is 5.92 Å². The summed E-state index contributed by atoms with van der Waals surface area (Å²) in [5, 5.41) is 8.53. The van der Waals surface area contributed by atoms with Crippen LogP contribution in [0.15, 0.2) is 0 Å². The van der Waals surface area contributed by atoms with Crippen molar-refractivity contribution in [1.82, 2.24) is 4.90 Å². The van der Waals surface area contributed by atoms with Gasteiger partial charge in [0.25, 0.3) is 0 Å². The quantitative estimate of drug-likeness (QED) is 0.697. The summed E-state index contributed by atoms with van der Waals surface area (Å²) in [5.74, 6) is 0.0150. The van der Waals surface area contributed by atoms with Gasteiger partial charge in [0, 0.05) is 19.5 Å². The predicted molar refractivity (Wildman–Crippen MR) is 56.5 cm³/mol. The van der Waals surface area contributed by atoms with E-state index in [1.165, 1.54) is 12.8 Å². The highest BCUT2D eigenvalue weighted by Crippen LogP contribution is 2.33. The monoisotopic (exact) mass is 213 g/mol. The van der Waals surface area contributed by atoms with Gasteiger partial charge in [-0.25, -0.2) is 0 Å². The Balaban J connectivity index is 2.21. The number of carbonyl (C=O) groups excluding carboxylic acids is 1. The third kappa shape index (κ3) is 4.81. The van der Waals surface area contributed by atoms with Crippen molar-refractivity contribution in [2.45, 2.75) is 39.0 Å². The summed E-state index contributed by atoms with van der Waals surface area (Å²) in [6.45, 7) is 2.84. The molecule has 0 heterocycles. The Morgan fingerprint density at radius 2 is 2.00 bits per heavy atom. The van der Waals surface area contributed by atoms with Gasteiger partial charge in [0.1, 0.15) is 0 Å². The van der Waals surface area contributed by atoms with Crippen LogP contribution in [0.5, 0.6) is 0 Å². The molecule has 1 aliphatic carbocycles. The van der Waals surface area contributed by atoms with Crippen LogP contribution >= 0.6 is 0 Å². The van der Waals surface area contributed by atoms with Gasteiger partial charge >= 0.3 is 5.97 Å². The van der Waals surface area contributed by atoms with Crippen LogP contribution in [0.3, 0.4) is 0 Å². The molecule has 0 spiro atoms. The van der Waals surface area contributed by atoms with E-state index < -0.39 is 5.97 Å². The molecule has 0 atom stereocenters. The number of aliphatic carboxylic acids is 1. The van der Waals surface area contributed by atoms with Crippen LogP contribution in [-0.4, -0.2) is 35.0 Å². The van der Waals surface area contributed by atoms with Crippen LogP contribution in [0.1, 0.15) is 39.0 Å². The molecule has 4 nitrogen and oxygen atoms in total. The Kier molecular flexibility index (Phi) is 4.59. The van der Waals surface area contributed by atoms with Gasteiger partial charge in [0.15, 0.2) is 0 Å². The third-order valence-electron chi connectivity index (χ3n) is 2.79. The van der Waals surface area contributed by atoms with Crippen LogP contribution < -0.4 is 0 Å². The lowest BCUT2D eigenvalue weighted by Gasteiger charge is -2.19. The van der Waals surface area contributed by atoms with Crippen molar-refractivity contribution >= 4 is 11.9 Å². The molecule has 1 fully saturated rings. The van der Waals surface area contributed by atoms with E-state index in [2.05, 4.69) is 0 Å². The average molecular weight is 213 g/mol. The molecule has 1 N–H and O–H groups in total. The zero-order chi connectivity index (χ0) is 11.3. The van der Waals surface area contributed by atoms with E-state index in [-0.39, 0.29) is 12.3 Å². The zero-order valence-electron chi connectivity index (χ0n) is 9.24. The lowest BCUT2D eigenvalue weighted by atomic mass is 10.2. The first-order chi connectivity index (χ1) is 7.13. The van der Waals surface area contributed by atoms with Gasteiger partial charge in [-0.05, 0) is 19.3 Å². The maximum atomic E-state index is 11.7. The minimum Gasteiger partial charge on any atom is -0.481 e. The van der Waals surface area contributed by atoms with Gasteiger partial charge in [0.05, 0.1) is 6.42 Å². The largest absolute Gasteiger partial charge is 0.481 e. The van der Waals surface area contributed by atoms with Crippen LogP contribution in [-0.2, 0) is 9.59 Å². The van der Waals surface area contributed by atoms with Gasteiger partial charge in [0.2, 0.25) is 5.91 Å². The molecular formula is C11H19NO3. The third-order valence-corrected chi connectivity index (χ3v) is 2.79. The number of amides is 1. The van der Waals surface area contributed by atoms with E-state index in [1.807, 2.05) is 6.92 Å².